The van der Waals surface area contributed by atoms with Crippen molar-refractivity contribution >= 4 is 50.8 Å². The van der Waals surface area contributed by atoms with Gasteiger partial charge < -0.3 is 10.6 Å². The van der Waals surface area contributed by atoms with E-state index in [-0.39, 0.29) is 5.91 Å². The summed E-state index contributed by atoms with van der Waals surface area (Å²) in [5, 5.41) is 6.07. The van der Waals surface area contributed by atoms with Gasteiger partial charge in [0.25, 0.3) is 0 Å². The molecule has 1 aromatic carbocycles. The molecule has 0 unspecified atom stereocenters. The van der Waals surface area contributed by atoms with Gasteiger partial charge in [-0.1, -0.05) is 0 Å². The van der Waals surface area contributed by atoms with E-state index in [0.29, 0.717) is 5.75 Å². The van der Waals surface area contributed by atoms with Gasteiger partial charge in [-0.05, 0) is 46.3 Å². The van der Waals surface area contributed by atoms with Gasteiger partial charge in [-0.15, -0.1) is 11.8 Å². The molecular weight excluding hydrogens is 326 g/mol. The number of halogens is 1. The number of hydrogen-bond donors (Lipinski definition) is 2. The predicted octanol–water partition coefficient (Wildman–Crippen LogP) is 3.63. The van der Waals surface area contributed by atoms with E-state index >= 15 is 0 Å². The topological polar surface area (TPSA) is 54.0 Å². The van der Waals surface area contributed by atoms with Crippen LogP contribution in [-0.2, 0) is 4.79 Å². The minimum Gasteiger partial charge on any atom is -0.340 e. The van der Waals surface area contributed by atoms with Crippen LogP contribution in [0.1, 0.15) is 0 Å². The van der Waals surface area contributed by atoms with Crippen LogP contribution in [0, 0.1) is 0 Å². The van der Waals surface area contributed by atoms with Crippen molar-refractivity contribution in [2.45, 2.75) is 4.90 Å². The van der Waals surface area contributed by atoms with Gasteiger partial charge in [0.1, 0.15) is 5.82 Å². The van der Waals surface area contributed by atoms with Crippen LogP contribution in [0.3, 0.4) is 0 Å². The Hall–Kier alpha value is -1.53. The van der Waals surface area contributed by atoms with Crippen LogP contribution in [0.25, 0.3) is 0 Å². The molecule has 4 nitrogen and oxygen atoms in total. The predicted molar refractivity (Wildman–Crippen MR) is 81.0 cm³/mol. The zero-order valence-corrected chi connectivity index (χ0v) is 12.2. The van der Waals surface area contributed by atoms with Crippen molar-refractivity contribution in [3.8, 4) is 0 Å². The number of pyridine rings is 1. The third kappa shape index (κ3) is 2.90. The number of carbonyl (C=O) groups is 1. The third-order valence-corrected chi connectivity index (χ3v) is 4.15. The van der Waals surface area contributed by atoms with Crippen LogP contribution < -0.4 is 10.6 Å². The van der Waals surface area contributed by atoms with Crippen LogP contribution in [0.2, 0.25) is 0 Å². The van der Waals surface area contributed by atoms with Gasteiger partial charge in [0.15, 0.2) is 0 Å². The number of nitrogens with zero attached hydrogens (tertiary/aromatic N) is 1. The number of anilines is 3. The second kappa shape index (κ2) is 5.22. The summed E-state index contributed by atoms with van der Waals surface area (Å²) in [6.07, 6.45) is 1.73. The summed E-state index contributed by atoms with van der Waals surface area (Å²) in [6, 6.07) is 9.71. The lowest BCUT2D eigenvalue weighted by Crippen LogP contribution is -2.18. The highest BCUT2D eigenvalue weighted by Crippen LogP contribution is 2.33. The Kier molecular flexibility index (Phi) is 3.44. The quantitative estimate of drug-likeness (QED) is 0.879. The molecule has 2 heterocycles. The summed E-state index contributed by atoms with van der Waals surface area (Å²) >= 11 is 4.90. The second-order valence-corrected chi connectivity index (χ2v) is 5.97. The highest BCUT2D eigenvalue weighted by Gasteiger charge is 2.15. The number of rotatable bonds is 2. The van der Waals surface area contributed by atoms with Crippen molar-refractivity contribution in [1.29, 1.82) is 0 Å². The molecule has 96 valence electrons. The summed E-state index contributed by atoms with van der Waals surface area (Å²) in [4.78, 5) is 16.7. The lowest BCUT2D eigenvalue weighted by molar-refractivity contribution is -0.113. The van der Waals surface area contributed by atoms with Gasteiger partial charge in [0, 0.05) is 21.3 Å². The van der Waals surface area contributed by atoms with E-state index in [1.165, 1.54) is 0 Å². The number of amides is 1. The maximum absolute atomic E-state index is 11.4. The van der Waals surface area contributed by atoms with E-state index in [1.807, 2.05) is 30.3 Å². The number of fused-ring (bicyclic) bond motifs is 1. The normalized spacial score (nSPS) is 13.6. The van der Waals surface area contributed by atoms with E-state index in [9.17, 15) is 4.79 Å². The van der Waals surface area contributed by atoms with Gasteiger partial charge >= 0.3 is 0 Å². The average molecular weight is 336 g/mol. The minimum absolute atomic E-state index is 0.0383. The third-order valence-electron chi connectivity index (χ3n) is 2.61. The Bertz CT molecular complexity index is 630. The van der Waals surface area contributed by atoms with Crippen LogP contribution in [0.5, 0.6) is 0 Å². The van der Waals surface area contributed by atoms with E-state index in [2.05, 4.69) is 31.5 Å². The summed E-state index contributed by atoms with van der Waals surface area (Å²) < 4.78 is 0.937. The fourth-order valence-electron chi connectivity index (χ4n) is 1.76. The fraction of sp³-hybridized carbons (Fsp3) is 0.0769. The van der Waals surface area contributed by atoms with Crippen LogP contribution in [-0.4, -0.2) is 16.6 Å². The molecule has 2 N–H and O–H groups in total. The molecule has 0 saturated heterocycles. The Balaban J connectivity index is 1.84. The van der Waals surface area contributed by atoms with Crippen molar-refractivity contribution in [2.75, 3.05) is 16.4 Å². The summed E-state index contributed by atoms with van der Waals surface area (Å²) in [5.41, 5.74) is 1.75. The van der Waals surface area contributed by atoms with Gasteiger partial charge in [0.05, 0.1) is 11.4 Å². The average Bonchev–Trinajstić information content (AvgIpc) is 2.41. The first-order valence-corrected chi connectivity index (χ1v) is 7.44. The van der Waals surface area contributed by atoms with Gasteiger partial charge in [-0.25, -0.2) is 4.98 Å². The molecule has 6 heteroatoms. The number of aromatic nitrogens is 1. The molecule has 0 saturated carbocycles. The zero-order chi connectivity index (χ0) is 13.2. The van der Waals surface area contributed by atoms with Gasteiger partial charge in [-0.3, -0.25) is 4.79 Å². The Morgan fingerprint density at radius 2 is 2.21 bits per heavy atom. The molecule has 0 radical (unpaired) electrons. The van der Waals surface area contributed by atoms with Crippen LogP contribution in [0.4, 0.5) is 17.2 Å². The summed E-state index contributed by atoms with van der Waals surface area (Å²) in [6.45, 7) is 0. The van der Waals surface area contributed by atoms with Crippen molar-refractivity contribution < 1.29 is 4.79 Å². The largest absolute Gasteiger partial charge is 0.340 e. The lowest BCUT2D eigenvalue weighted by atomic mass is 10.2. The monoisotopic (exact) mass is 335 g/mol. The summed E-state index contributed by atoms with van der Waals surface area (Å²) in [5.74, 6) is 1.28. The van der Waals surface area contributed by atoms with Crippen LogP contribution in [0.15, 0.2) is 45.9 Å². The molecule has 1 amide bonds. The second-order valence-electron chi connectivity index (χ2n) is 4.03. The molecule has 2 aromatic rings. The van der Waals surface area contributed by atoms with Crippen molar-refractivity contribution in [2.24, 2.45) is 0 Å². The number of carbonyl (C=O) groups excluding carboxylic acids is 1. The Morgan fingerprint density at radius 1 is 1.32 bits per heavy atom. The molecule has 1 aliphatic rings. The molecule has 0 fully saturated rings. The molecular formula is C13H10BrN3OS. The molecule has 0 bridgehead atoms. The van der Waals surface area contributed by atoms with Gasteiger partial charge in [0.2, 0.25) is 5.91 Å². The molecule has 0 aliphatic carbocycles. The fourth-order valence-corrected chi connectivity index (χ4v) is 2.78. The first-order valence-electron chi connectivity index (χ1n) is 5.66. The highest BCUT2D eigenvalue weighted by atomic mass is 79.9. The first-order chi connectivity index (χ1) is 9.20. The SMILES string of the molecule is O=C1CSc2ccc(Nc3ccc(Br)cn3)cc2N1. The van der Waals surface area contributed by atoms with E-state index in [0.717, 1.165) is 26.6 Å². The number of nitrogens with one attached hydrogen (secondary N) is 2. The molecule has 19 heavy (non-hydrogen) atoms. The van der Waals surface area contributed by atoms with E-state index < -0.39 is 0 Å². The minimum atomic E-state index is 0.0383. The van der Waals surface area contributed by atoms with Gasteiger partial charge in [-0.2, -0.15) is 0 Å². The first kappa shape index (κ1) is 12.5. The maximum atomic E-state index is 11.4. The molecule has 0 atom stereocenters. The Morgan fingerprint density at radius 3 is 3.00 bits per heavy atom. The smallest absolute Gasteiger partial charge is 0.234 e. The van der Waals surface area contributed by atoms with E-state index in [4.69, 9.17) is 0 Å². The number of benzene rings is 1. The van der Waals surface area contributed by atoms with Crippen molar-refractivity contribution in [3.63, 3.8) is 0 Å². The van der Waals surface area contributed by atoms with Crippen LogP contribution >= 0.6 is 27.7 Å². The number of hydrogen-bond acceptors (Lipinski definition) is 4. The Labute approximate surface area is 123 Å². The number of thioether (sulfide) groups is 1. The van der Waals surface area contributed by atoms with E-state index in [1.54, 1.807) is 18.0 Å². The van der Waals surface area contributed by atoms with Crippen molar-refractivity contribution in [3.05, 3.63) is 41.0 Å². The van der Waals surface area contributed by atoms with Crippen molar-refractivity contribution in [1.82, 2.24) is 4.98 Å². The summed E-state index contributed by atoms with van der Waals surface area (Å²) in [7, 11) is 0. The maximum Gasteiger partial charge on any atom is 0.234 e. The standard InChI is InChI=1S/C13H10BrN3OS/c14-8-1-4-12(15-6-8)16-9-2-3-11-10(5-9)17-13(18)7-19-11/h1-6H,7H2,(H,15,16)(H,17,18). The molecule has 1 aliphatic heterocycles. The highest BCUT2D eigenvalue weighted by molar-refractivity contribution is 9.10. The molecule has 1 aromatic heterocycles. The zero-order valence-electron chi connectivity index (χ0n) is 9.81. The molecule has 3 rings (SSSR count). The molecule has 0 spiro atoms. The lowest BCUT2D eigenvalue weighted by Gasteiger charge is -2.17.